The molecule has 0 aliphatic carbocycles. The Kier molecular flexibility index (Phi) is 21.0. The maximum atomic E-state index is 12.8. The summed E-state index contributed by atoms with van der Waals surface area (Å²) in [4.78, 5) is 84.0. The molecule has 0 rings (SSSR count). The second-order valence-corrected chi connectivity index (χ2v) is 9.08. The summed E-state index contributed by atoms with van der Waals surface area (Å²) in [6, 6.07) is -5.63. The number of carboxylic acids is 4. The first-order valence-corrected chi connectivity index (χ1v) is 12.3. The van der Waals surface area contributed by atoms with Crippen LogP contribution < -0.4 is 33.2 Å². The zero-order valence-electron chi connectivity index (χ0n) is 23.1. The van der Waals surface area contributed by atoms with E-state index in [0.717, 1.165) is 0 Å². The lowest BCUT2D eigenvalue weighted by Crippen LogP contribution is -2.58. The Labute approximate surface area is 249 Å². The van der Waals surface area contributed by atoms with E-state index in [-0.39, 0.29) is 26.4 Å². The lowest BCUT2D eigenvalue weighted by atomic mass is 10.0. The molecule has 0 fully saturated rings. The number of hydrogen-bond acceptors (Lipinski definition) is 9. The quantitative estimate of drug-likeness (QED) is 0.0472. The molecule has 0 saturated carbocycles. The van der Waals surface area contributed by atoms with Crippen LogP contribution in [-0.2, 0) is 33.6 Å². The Morgan fingerprint density at radius 2 is 1.27 bits per heavy atom. The summed E-state index contributed by atoms with van der Waals surface area (Å²) in [7, 11) is 0. The van der Waals surface area contributed by atoms with Crippen molar-refractivity contribution in [3.05, 3.63) is 0 Å². The van der Waals surface area contributed by atoms with Crippen LogP contribution in [0.3, 0.4) is 0 Å². The molecule has 254 valence electrons. The highest BCUT2D eigenvalue weighted by molar-refractivity contribution is 5.95. The second kappa shape index (κ2) is 21.1. The van der Waals surface area contributed by atoms with Crippen molar-refractivity contribution < 1.29 is 67.2 Å². The van der Waals surface area contributed by atoms with Crippen molar-refractivity contribution in [1.29, 1.82) is 0 Å². The summed E-state index contributed by atoms with van der Waals surface area (Å²) in [5.41, 5.74) is 16.2. The highest BCUT2D eigenvalue weighted by atomic mass is 19.4. The zero-order valence-corrected chi connectivity index (χ0v) is 23.1. The summed E-state index contributed by atoms with van der Waals surface area (Å²) >= 11 is 0. The van der Waals surface area contributed by atoms with Gasteiger partial charge >= 0.3 is 30.1 Å². The summed E-state index contributed by atoms with van der Waals surface area (Å²) in [5.74, 6) is -10.5. The molecular formula is C23H40F3N7O11. The molecule has 0 spiro atoms. The minimum absolute atomic E-state index is 0. The van der Waals surface area contributed by atoms with E-state index in [1.54, 1.807) is 0 Å². The van der Waals surface area contributed by atoms with Crippen LogP contribution in [0.1, 0.15) is 53.4 Å². The molecule has 0 bridgehead atoms. The summed E-state index contributed by atoms with van der Waals surface area (Å²) in [6.45, 7) is 3.23. The molecule has 44 heavy (non-hydrogen) atoms. The third-order valence-corrected chi connectivity index (χ3v) is 5.07. The maximum absolute atomic E-state index is 12.8. The van der Waals surface area contributed by atoms with Crippen molar-refractivity contribution >= 4 is 47.6 Å². The molecular weight excluding hydrogens is 607 g/mol. The molecule has 0 aromatic heterocycles. The van der Waals surface area contributed by atoms with Gasteiger partial charge in [0.25, 0.3) is 0 Å². The van der Waals surface area contributed by atoms with Crippen LogP contribution in [0.15, 0.2) is 4.99 Å². The van der Waals surface area contributed by atoms with Gasteiger partial charge in [0.1, 0.15) is 18.1 Å². The number of aliphatic carboxylic acids is 4. The van der Waals surface area contributed by atoms with Gasteiger partial charge in [0.2, 0.25) is 17.7 Å². The second-order valence-electron chi connectivity index (χ2n) is 9.08. The van der Waals surface area contributed by atoms with Crippen molar-refractivity contribution in [2.75, 3.05) is 6.54 Å². The van der Waals surface area contributed by atoms with Gasteiger partial charge in [0.15, 0.2) is 5.96 Å². The Hall–Kier alpha value is -4.69. The van der Waals surface area contributed by atoms with Crippen molar-refractivity contribution in [1.82, 2.24) is 16.0 Å². The van der Waals surface area contributed by atoms with Gasteiger partial charge in [-0.15, -0.1) is 0 Å². The Balaban J connectivity index is -0.00000186. The molecule has 0 saturated heterocycles. The average molecular weight is 648 g/mol. The van der Waals surface area contributed by atoms with Gasteiger partial charge < -0.3 is 53.6 Å². The van der Waals surface area contributed by atoms with Gasteiger partial charge in [0, 0.05) is 13.0 Å². The van der Waals surface area contributed by atoms with Crippen LogP contribution in [0.2, 0.25) is 0 Å². The third kappa shape index (κ3) is 20.2. The number of carbonyl (C=O) groups excluding carboxylic acids is 3. The van der Waals surface area contributed by atoms with Gasteiger partial charge in [-0.1, -0.05) is 21.3 Å². The predicted molar refractivity (Wildman–Crippen MR) is 146 cm³/mol. The van der Waals surface area contributed by atoms with Crippen LogP contribution >= 0.6 is 0 Å². The third-order valence-electron chi connectivity index (χ3n) is 5.07. The number of amides is 3. The number of nitrogens with two attached hydrogens (primary N) is 3. The highest BCUT2D eigenvalue weighted by Crippen LogP contribution is 2.13. The van der Waals surface area contributed by atoms with Crippen LogP contribution in [-0.4, -0.2) is 105 Å². The van der Waals surface area contributed by atoms with E-state index in [2.05, 4.69) is 20.9 Å². The number of hydrogen-bond donors (Lipinski definition) is 10. The van der Waals surface area contributed by atoms with E-state index in [1.807, 2.05) is 0 Å². The molecule has 0 heterocycles. The number of carboxylic acid groups (broad SMARTS) is 4. The van der Waals surface area contributed by atoms with Crippen molar-refractivity contribution in [2.24, 2.45) is 28.1 Å². The molecule has 18 nitrogen and oxygen atoms in total. The van der Waals surface area contributed by atoms with Gasteiger partial charge in [-0.25, -0.2) is 9.59 Å². The summed E-state index contributed by atoms with van der Waals surface area (Å²) in [5, 5.41) is 41.1. The molecule has 3 amide bonds. The number of nitrogens with one attached hydrogen (secondary N) is 3. The summed E-state index contributed by atoms with van der Waals surface area (Å²) in [6.07, 6.45) is -6.45. The largest absolute Gasteiger partial charge is 0.490 e. The lowest BCUT2D eigenvalue weighted by Gasteiger charge is -2.25. The molecule has 0 aliphatic heterocycles. The van der Waals surface area contributed by atoms with Gasteiger partial charge in [0.05, 0.1) is 12.5 Å². The first-order valence-electron chi connectivity index (χ1n) is 12.3. The fourth-order valence-corrected chi connectivity index (χ4v) is 2.89. The van der Waals surface area contributed by atoms with E-state index >= 15 is 0 Å². The monoisotopic (exact) mass is 647 g/mol. The molecule has 0 aliphatic rings. The first kappa shape index (κ1) is 43.8. The van der Waals surface area contributed by atoms with E-state index in [0.29, 0.717) is 6.42 Å². The molecule has 0 unspecified atom stereocenters. The number of carbonyl (C=O) groups is 7. The van der Waals surface area contributed by atoms with E-state index < -0.39 is 97.1 Å². The van der Waals surface area contributed by atoms with E-state index in [9.17, 15) is 47.0 Å². The molecule has 21 heteroatoms. The van der Waals surface area contributed by atoms with Crippen molar-refractivity contribution in [3.63, 3.8) is 0 Å². The normalized spacial score (nSPS) is 13.2. The number of halogens is 3. The van der Waals surface area contributed by atoms with Gasteiger partial charge in [-0.05, 0) is 25.2 Å². The first-order chi connectivity index (χ1) is 19.6. The van der Waals surface area contributed by atoms with Gasteiger partial charge in [-0.2, -0.15) is 13.2 Å². The van der Waals surface area contributed by atoms with Crippen molar-refractivity contribution in [2.45, 2.75) is 83.7 Å². The Bertz CT molecular complexity index is 1040. The predicted octanol–water partition coefficient (Wildman–Crippen LogP) is -1.83. The number of nitrogens with zero attached hydrogens (tertiary/aromatic N) is 1. The Morgan fingerprint density at radius 3 is 1.66 bits per heavy atom. The molecule has 0 aromatic rings. The standard InChI is InChI=1S/C20H35N7O9.C2HF3O2.CH4/c1-9(2)15(19(35)36)27-18(34)12(8-14(30)31)26-17(33)11(5-6-13(28)29)25-16(32)10(21)4-3-7-24-20(22)23;3-2(4,5)1(6)7;/h9-12,15H,3-8,21H2,1-2H3,(H,25,32)(H,26,33)(H,27,34)(H,28,29)(H,30,31)(H,35,36)(H4,22,23,24);(H,6,7);1H4/t10-,11-,12-,15-;;/m0../s1. The number of alkyl halides is 3. The number of guanidine groups is 1. The van der Waals surface area contributed by atoms with E-state index in [4.69, 9.17) is 37.3 Å². The number of rotatable bonds is 17. The smallest absolute Gasteiger partial charge is 0.481 e. The Morgan fingerprint density at radius 1 is 0.795 bits per heavy atom. The molecule has 0 aromatic carbocycles. The molecule has 0 radical (unpaired) electrons. The lowest BCUT2D eigenvalue weighted by molar-refractivity contribution is -0.192. The average Bonchev–Trinajstić information content (AvgIpc) is 2.85. The van der Waals surface area contributed by atoms with Crippen LogP contribution in [0.25, 0.3) is 0 Å². The highest BCUT2D eigenvalue weighted by Gasteiger charge is 2.38. The SMILES string of the molecule is C.CC(C)[C@H](NC(=O)[C@H](CC(=O)O)NC(=O)[C@H](CCC(=O)O)NC(=O)[C@@H](N)CCCN=C(N)N)C(=O)O.O=C(O)C(F)(F)F. The molecule has 4 atom stereocenters. The maximum Gasteiger partial charge on any atom is 0.490 e. The van der Waals surface area contributed by atoms with E-state index in [1.165, 1.54) is 13.8 Å². The van der Waals surface area contributed by atoms with Gasteiger partial charge in [-0.3, -0.25) is 29.0 Å². The van der Waals surface area contributed by atoms with Crippen molar-refractivity contribution in [3.8, 4) is 0 Å². The fraction of sp³-hybridized carbons (Fsp3) is 0.652. The minimum Gasteiger partial charge on any atom is -0.481 e. The summed E-state index contributed by atoms with van der Waals surface area (Å²) < 4.78 is 31.7. The zero-order chi connectivity index (χ0) is 34.1. The van der Waals surface area contributed by atoms with Crippen LogP contribution in [0.5, 0.6) is 0 Å². The van der Waals surface area contributed by atoms with Crippen LogP contribution in [0.4, 0.5) is 13.2 Å². The topological polar surface area (TPSA) is 327 Å². The minimum atomic E-state index is -5.08. The number of aliphatic imine (C=N–C) groups is 1. The fourth-order valence-electron chi connectivity index (χ4n) is 2.89. The molecule has 13 N–H and O–H groups in total. The van der Waals surface area contributed by atoms with Crippen LogP contribution in [0, 0.1) is 5.92 Å².